The van der Waals surface area contributed by atoms with Gasteiger partial charge in [-0.2, -0.15) is 0 Å². The summed E-state index contributed by atoms with van der Waals surface area (Å²) in [6, 6.07) is 1.18. The zero-order chi connectivity index (χ0) is 24.0. The highest BCUT2D eigenvalue weighted by Gasteiger charge is 2.34. The molecular formula is C23H34N4O5. The number of hydrogen-bond donors (Lipinski definition) is 2. The fourth-order valence-corrected chi connectivity index (χ4v) is 3.34. The molecule has 0 saturated carbocycles. The molecule has 0 unspecified atom stereocenters. The van der Waals surface area contributed by atoms with Gasteiger partial charge in [-0.1, -0.05) is 18.8 Å². The second-order valence-corrected chi connectivity index (χ2v) is 8.66. The molecule has 9 heteroatoms. The van der Waals surface area contributed by atoms with Gasteiger partial charge >= 0.3 is 0 Å². The van der Waals surface area contributed by atoms with Gasteiger partial charge in [0.25, 0.3) is 5.91 Å². The van der Waals surface area contributed by atoms with Crippen molar-refractivity contribution in [1.29, 1.82) is 0 Å². The van der Waals surface area contributed by atoms with Crippen LogP contribution < -0.4 is 4.74 Å². The van der Waals surface area contributed by atoms with Gasteiger partial charge < -0.3 is 29.6 Å². The summed E-state index contributed by atoms with van der Waals surface area (Å²) >= 11 is 0. The number of aliphatic hydroxyl groups excluding tert-OH is 2. The first-order chi connectivity index (χ1) is 15.0. The lowest BCUT2D eigenvalue weighted by molar-refractivity contribution is -0.132. The van der Waals surface area contributed by atoms with Gasteiger partial charge in [-0.3, -0.25) is 9.59 Å². The Hall–Kier alpha value is -2.67. The molecule has 1 aromatic rings. The van der Waals surface area contributed by atoms with Gasteiger partial charge in [-0.15, -0.1) is 0 Å². The van der Waals surface area contributed by atoms with Crippen LogP contribution in [-0.2, 0) is 4.79 Å². The lowest BCUT2D eigenvalue weighted by atomic mass is 10.00. The maximum absolute atomic E-state index is 13.3. The third-order valence-corrected chi connectivity index (χ3v) is 5.28. The molecule has 176 valence electrons. The molecule has 2 amide bonds. The minimum absolute atomic E-state index is 0.0403. The second kappa shape index (κ2) is 11.3. The first-order valence-electron chi connectivity index (χ1n) is 10.7. The monoisotopic (exact) mass is 446 g/mol. The largest absolute Gasteiger partial charge is 0.472 e. The standard InChI is InChI=1S/C23H34N4O5/c1-15-11-27(16(2)14-28)23(31)19-9-18(8-7-17(3)29)10-24-22(19)32-20(15)12-26(6)21(30)13-25(4)5/h9-10,15-17,20,28-29H,11-14H2,1-6H3/t15-,16+,17+,20-/m0/s1. The average molecular weight is 447 g/mol. The number of rotatable bonds is 6. The molecule has 0 radical (unpaired) electrons. The molecule has 1 aliphatic rings. The highest BCUT2D eigenvalue weighted by atomic mass is 16.5. The van der Waals surface area contributed by atoms with Crippen molar-refractivity contribution in [3.8, 4) is 17.7 Å². The van der Waals surface area contributed by atoms with Gasteiger partial charge in [0.05, 0.1) is 25.7 Å². The smallest absolute Gasteiger partial charge is 0.259 e. The van der Waals surface area contributed by atoms with Gasteiger partial charge in [0.2, 0.25) is 11.8 Å². The maximum atomic E-state index is 13.3. The number of aromatic nitrogens is 1. The van der Waals surface area contributed by atoms with Crippen LogP contribution in [0.25, 0.3) is 0 Å². The molecule has 2 N–H and O–H groups in total. The summed E-state index contributed by atoms with van der Waals surface area (Å²) in [5.74, 6) is 5.13. The number of hydrogen-bond acceptors (Lipinski definition) is 7. The number of nitrogens with zero attached hydrogens (tertiary/aromatic N) is 4. The fourth-order valence-electron chi connectivity index (χ4n) is 3.34. The number of fused-ring (bicyclic) bond motifs is 1. The minimum atomic E-state index is -0.810. The van der Waals surface area contributed by atoms with Gasteiger partial charge in [0.15, 0.2) is 0 Å². The molecule has 0 aliphatic carbocycles. The Morgan fingerprint density at radius 2 is 2.06 bits per heavy atom. The van der Waals surface area contributed by atoms with E-state index in [0.717, 1.165) is 0 Å². The van der Waals surface area contributed by atoms with Crippen LogP contribution in [0.2, 0.25) is 0 Å². The summed E-state index contributed by atoms with van der Waals surface area (Å²) in [6.07, 6.45) is 0.273. The molecule has 1 aliphatic heterocycles. The average Bonchev–Trinajstić information content (AvgIpc) is 2.73. The molecule has 0 aromatic carbocycles. The van der Waals surface area contributed by atoms with E-state index in [-0.39, 0.29) is 42.3 Å². The number of amides is 2. The molecule has 0 fully saturated rings. The lowest BCUT2D eigenvalue weighted by Gasteiger charge is -2.37. The molecule has 2 rings (SSSR count). The predicted molar refractivity (Wildman–Crippen MR) is 120 cm³/mol. The van der Waals surface area contributed by atoms with Crippen molar-refractivity contribution < 1.29 is 24.5 Å². The summed E-state index contributed by atoms with van der Waals surface area (Å²) in [4.78, 5) is 35.1. The fraction of sp³-hybridized carbons (Fsp3) is 0.609. The van der Waals surface area contributed by atoms with Crippen LogP contribution in [0.4, 0.5) is 0 Å². The van der Waals surface area contributed by atoms with Crippen LogP contribution in [0.15, 0.2) is 12.3 Å². The Morgan fingerprint density at radius 1 is 1.38 bits per heavy atom. The number of pyridine rings is 1. The highest BCUT2D eigenvalue weighted by molar-refractivity contribution is 5.97. The number of likely N-dealkylation sites (N-methyl/N-ethyl adjacent to an activating group) is 2. The van der Waals surface area contributed by atoms with Crippen LogP contribution in [0, 0.1) is 17.8 Å². The van der Waals surface area contributed by atoms with E-state index < -0.39 is 18.2 Å². The van der Waals surface area contributed by atoms with Crippen LogP contribution in [-0.4, -0.2) is 107 Å². The predicted octanol–water partition coefficient (Wildman–Crippen LogP) is 0.0540. The molecule has 4 atom stereocenters. The highest BCUT2D eigenvalue weighted by Crippen LogP contribution is 2.27. The van der Waals surface area contributed by atoms with E-state index in [1.54, 1.807) is 41.7 Å². The molecule has 0 spiro atoms. The summed E-state index contributed by atoms with van der Waals surface area (Å²) < 4.78 is 6.16. The van der Waals surface area contributed by atoms with Crippen LogP contribution in [0.5, 0.6) is 5.88 Å². The van der Waals surface area contributed by atoms with Crippen molar-refractivity contribution in [1.82, 2.24) is 19.7 Å². The van der Waals surface area contributed by atoms with Crippen LogP contribution in [0.1, 0.15) is 36.7 Å². The normalized spacial score (nSPS) is 20.3. The van der Waals surface area contributed by atoms with E-state index in [2.05, 4.69) is 16.8 Å². The number of carbonyl (C=O) groups is 2. The molecule has 0 bridgehead atoms. The molecule has 0 saturated heterocycles. The Balaban J connectivity index is 2.42. The summed E-state index contributed by atoms with van der Waals surface area (Å²) in [6.45, 7) is 6.05. The zero-order valence-corrected chi connectivity index (χ0v) is 19.7. The maximum Gasteiger partial charge on any atom is 0.259 e. The van der Waals surface area contributed by atoms with E-state index in [1.807, 2.05) is 21.0 Å². The molecule has 9 nitrogen and oxygen atoms in total. The van der Waals surface area contributed by atoms with E-state index >= 15 is 0 Å². The van der Waals surface area contributed by atoms with Crippen LogP contribution >= 0.6 is 0 Å². The topological polar surface area (TPSA) is 106 Å². The number of carbonyl (C=O) groups excluding carboxylic acids is 2. The van der Waals surface area contributed by atoms with Crippen molar-refractivity contribution in [3.63, 3.8) is 0 Å². The summed E-state index contributed by atoms with van der Waals surface area (Å²) in [7, 11) is 5.39. The molecular weight excluding hydrogens is 412 g/mol. The number of aliphatic hydroxyl groups is 2. The second-order valence-electron chi connectivity index (χ2n) is 8.66. The first-order valence-corrected chi connectivity index (χ1v) is 10.7. The summed E-state index contributed by atoms with van der Waals surface area (Å²) in [5.41, 5.74) is 0.712. The van der Waals surface area contributed by atoms with Crippen molar-refractivity contribution in [2.24, 2.45) is 5.92 Å². The summed E-state index contributed by atoms with van der Waals surface area (Å²) in [5, 5.41) is 19.1. The first kappa shape index (κ1) is 25.6. The Labute approximate surface area is 190 Å². The van der Waals surface area contributed by atoms with Gasteiger partial charge in [0.1, 0.15) is 17.8 Å². The van der Waals surface area contributed by atoms with Crippen molar-refractivity contribution in [2.45, 2.75) is 39.0 Å². The van der Waals surface area contributed by atoms with Crippen LogP contribution in [0.3, 0.4) is 0 Å². The van der Waals surface area contributed by atoms with Crippen molar-refractivity contribution in [3.05, 3.63) is 23.4 Å². The Bertz CT molecular complexity index is 877. The molecule has 1 aromatic heterocycles. The third kappa shape index (κ3) is 6.66. The molecule has 32 heavy (non-hydrogen) atoms. The third-order valence-electron chi connectivity index (χ3n) is 5.28. The van der Waals surface area contributed by atoms with E-state index in [9.17, 15) is 19.8 Å². The minimum Gasteiger partial charge on any atom is -0.472 e. The van der Waals surface area contributed by atoms with Gasteiger partial charge in [-0.25, -0.2) is 4.98 Å². The SMILES string of the molecule is C[C@H](CO)N1C[C@H](C)[C@H](CN(C)C(=O)CN(C)C)Oc2ncc(C#C[C@@H](C)O)cc2C1=O. The van der Waals surface area contributed by atoms with E-state index in [1.165, 1.54) is 6.20 Å². The lowest BCUT2D eigenvalue weighted by Crippen LogP contribution is -2.51. The van der Waals surface area contributed by atoms with Crippen molar-refractivity contribution in [2.75, 3.05) is 47.4 Å². The van der Waals surface area contributed by atoms with E-state index in [4.69, 9.17) is 4.74 Å². The Morgan fingerprint density at radius 3 is 2.66 bits per heavy atom. The van der Waals surface area contributed by atoms with Gasteiger partial charge in [-0.05, 0) is 34.0 Å². The molecule has 2 heterocycles. The number of ether oxygens (including phenoxy) is 1. The quantitative estimate of drug-likeness (QED) is 0.595. The van der Waals surface area contributed by atoms with Gasteiger partial charge in [0, 0.05) is 31.3 Å². The zero-order valence-electron chi connectivity index (χ0n) is 19.7. The van der Waals surface area contributed by atoms with E-state index in [0.29, 0.717) is 18.7 Å². The Kier molecular flexibility index (Phi) is 9.01. The van der Waals surface area contributed by atoms with Crippen molar-refractivity contribution >= 4 is 11.8 Å².